The van der Waals surface area contributed by atoms with Crippen molar-refractivity contribution < 1.29 is 9.59 Å². The van der Waals surface area contributed by atoms with Crippen molar-refractivity contribution in [2.75, 3.05) is 0 Å². The molecule has 0 saturated heterocycles. The molecule has 0 aromatic carbocycles. The molecule has 0 fully saturated rings. The molecule has 0 aliphatic rings. The zero-order chi connectivity index (χ0) is 17.5. The Labute approximate surface area is 133 Å². The average molecular weight is 304 g/mol. The molecule has 0 aliphatic heterocycles. The molecule has 0 saturated carbocycles. The Kier molecular flexibility index (Phi) is 4.67. The first-order chi connectivity index (χ1) is 9.64. The van der Waals surface area contributed by atoms with Crippen LogP contribution in [-0.2, 0) is 5.41 Å². The third kappa shape index (κ3) is 4.21. The number of aromatic nitrogens is 2. The number of nitrogens with zero attached hydrogens (tertiary/aromatic N) is 2. The van der Waals surface area contributed by atoms with Gasteiger partial charge in [-0.05, 0) is 6.07 Å². The maximum absolute atomic E-state index is 12.6. The summed E-state index contributed by atoms with van der Waals surface area (Å²) >= 11 is 0. The van der Waals surface area contributed by atoms with Crippen LogP contribution in [0.2, 0.25) is 0 Å². The highest BCUT2D eigenvalue weighted by molar-refractivity contribution is 6.02. The van der Waals surface area contributed by atoms with E-state index in [-0.39, 0.29) is 17.0 Å². The normalized spacial score (nSPS) is 13.1. The summed E-state index contributed by atoms with van der Waals surface area (Å²) in [6, 6.07) is 1.54. The van der Waals surface area contributed by atoms with Crippen molar-refractivity contribution in [3.8, 4) is 0 Å². The molecule has 0 bridgehead atoms. The summed E-state index contributed by atoms with van der Waals surface area (Å²) < 4.78 is 0. The Bertz CT molecular complexity index is 553. The summed E-state index contributed by atoms with van der Waals surface area (Å²) in [5, 5.41) is 0. The molecule has 0 N–H and O–H groups in total. The van der Waals surface area contributed by atoms with Crippen LogP contribution in [0.4, 0.5) is 0 Å². The summed E-state index contributed by atoms with van der Waals surface area (Å²) in [6.45, 7) is 17.0. The minimum absolute atomic E-state index is 0.0802. The van der Waals surface area contributed by atoms with E-state index in [9.17, 15) is 9.59 Å². The number of rotatable bonds is 2. The van der Waals surface area contributed by atoms with E-state index in [4.69, 9.17) is 0 Å². The quantitative estimate of drug-likeness (QED) is 0.767. The van der Waals surface area contributed by atoms with Crippen LogP contribution in [0.25, 0.3) is 0 Å². The van der Waals surface area contributed by atoms with Crippen LogP contribution in [0.3, 0.4) is 0 Å². The third-order valence-electron chi connectivity index (χ3n) is 3.22. The third-order valence-corrected chi connectivity index (χ3v) is 3.22. The van der Waals surface area contributed by atoms with Crippen molar-refractivity contribution in [1.82, 2.24) is 9.97 Å². The van der Waals surface area contributed by atoms with Crippen molar-refractivity contribution in [2.24, 2.45) is 10.8 Å². The van der Waals surface area contributed by atoms with Gasteiger partial charge in [0.05, 0.1) is 0 Å². The molecule has 0 aliphatic carbocycles. The molecule has 1 aromatic heterocycles. The fourth-order valence-electron chi connectivity index (χ4n) is 1.78. The first-order valence-electron chi connectivity index (χ1n) is 7.63. The lowest BCUT2D eigenvalue weighted by Crippen LogP contribution is -2.28. The number of hydrogen-bond acceptors (Lipinski definition) is 4. The number of carbonyl (C=O) groups excluding carboxylic acids is 2. The fraction of sp³-hybridized carbons (Fsp3) is 0.667. The Hall–Kier alpha value is -1.58. The number of hydrogen-bond donors (Lipinski definition) is 0. The number of ketones is 2. The van der Waals surface area contributed by atoms with Crippen molar-refractivity contribution >= 4 is 11.6 Å². The molecule has 0 unspecified atom stereocenters. The van der Waals surface area contributed by atoms with E-state index in [2.05, 4.69) is 9.97 Å². The highest BCUT2D eigenvalue weighted by Gasteiger charge is 2.31. The van der Waals surface area contributed by atoms with Crippen LogP contribution >= 0.6 is 0 Å². The molecular weight excluding hydrogens is 276 g/mol. The Morgan fingerprint density at radius 1 is 0.727 bits per heavy atom. The smallest absolute Gasteiger partial charge is 0.186 e. The lowest BCUT2D eigenvalue weighted by atomic mass is 9.85. The van der Waals surface area contributed by atoms with Crippen molar-refractivity contribution in [3.05, 3.63) is 23.3 Å². The van der Waals surface area contributed by atoms with Crippen LogP contribution in [-0.4, -0.2) is 21.5 Å². The highest BCUT2D eigenvalue weighted by Crippen LogP contribution is 2.26. The molecule has 4 heteroatoms. The summed E-state index contributed by atoms with van der Waals surface area (Å²) in [5.74, 6) is 0.363. The minimum Gasteiger partial charge on any atom is -0.292 e. The van der Waals surface area contributed by atoms with Crippen LogP contribution in [0.15, 0.2) is 6.07 Å². The first kappa shape index (κ1) is 18.5. The van der Waals surface area contributed by atoms with E-state index in [0.29, 0.717) is 17.2 Å². The van der Waals surface area contributed by atoms with E-state index in [1.54, 1.807) is 0 Å². The molecule has 1 heterocycles. The summed E-state index contributed by atoms with van der Waals surface area (Å²) in [6.07, 6.45) is 0. The predicted molar refractivity (Wildman–Crippen MR) is 88.3 cm³/mol. The first-order valence-corrected chi connectivity index (χ1v) is 7.63. The summed E-state index contributed by atoms with van der Waals surface area (Å²) in [7, 11) is 0. The molecular formula is C18H28N2O2. The van der Waals surface area contributed by atoms with Gasteiger partial charge >= 0.3 is 0 Å². The van der Waals surface area contributed by atoms with Gasteiger partial charge in [-0.3, -0.25) is 9.59 Å². The topological polar surface area (TPSA) is 59.9 Å². The summed E-state index contributed by atoms with van der Waals surface area (Å²) in [4.78, 5) is 34.0. The van der Waals surface area contributed by atoms with E-state index in [1.165, 1.54) is 6.07 Å². The van der Waals surface area contributed by atoms with Crippen LogP contribution in [0.1, 0.15) is 89.1 Å². The Balaban J connectivity index is 3.55. The Morgan fingerprint density at radius 2 is 1.05 bits per heavy atom. The second-order valence-electron chi connectivity index (χ2n) is 8.87. The van der Waals surface area contributed by atoms with E-state index in [1.807, 2.05) is 62.3 Å². The molecule has 0 atom stereocenters. The van der Waals surface area contributed by atoms with Gasteiger partial charge in [0.2, 0.25) is 0 Å². The summed E-state index contributed by atoms with van der Waals surface area (Å²) in [5.41, 5.74) is -0.793. The van der Waals surface area contributed by atoms with Gasteiger partial charge < -0.3 is 0 Å². The van der Waals surface area contributed by atoms with E-state index >= 15 is 0 Å². The van der Waals surface area contributed by atoms with Gasteiger partial charge in [0.15, 0.2) is 11.6 Å². The fourth-order valence-corrected chi connectivity index (χ4v) is 1.78. The standard InChI is InChI=1S/C18H28N2O2/c1-16(2,3)13(21)11-10-12(14(22)17(4,5)6)20-15(19-11)18(7,8)9/h10H,1-9H3. The molecule has 22 heavy (non-hydrogen) atoms. The molecule has 0 radical (unpaired) electrons. The zero-order valence-corrected chi connectivity index (χ0v) is 15.3. The van der Waals surface area contributed by atoms with Crippen LogP contribution in [0.5, 0.6) is 0 Å². The molecule has 4 nitrogen and oxygen atoms in total. The van der Waals surface area contributed by atoms with Crippen molar-refractivity contribution in [1.29, 1.82) is 0 Å². The highest BCUT2D eigenvalue weighted by atomic mass is 16.1. The van der Waals surface area contributed by atoms with Gasteiger partial charge in [-0.15, -0.1) is 0 Å². The Morgan fingerprint density at radius 3 is 1.27 bits per heavy atom. The van der Waals surface area contributed by atoms with Crippen molar-refractivity contribution in [2.45, 2.75) is 67.7 Å². The van der Waals surface area contributed by atoms with Crippen LogP contribution < -0.4 is 0 Å². The van der Waals surface area contributed by atoms with Crippen LogP contribution in [0, 0.1) is 10.8 Å². The lowest BCUT2D eigenvalue weighted by molar-refractivity contribution is 0.0847. The maximum Gasteiger partial charge on any atom is 0.186 e. The zero-order valence-electron chi connectivity index (χ0n) is 15.3. The van der Waals surface area contributed by atoms with E-state index < -0.39 is 10.8 Å². The SMILES string of the molecule is CC(C)(C)C(=O)c1cc(C(=O)C(C)(C)C)nc(C(C)(C)C)n1. The number of Topliss-reactive ketones (excluding diaryl/α,β-unsaturated/α-hetero) is 2. The second kappa shape index (κ2) is 5.56. The molecule has 122 valence electrons. The molecule has 1 aromatic rings. The average Bonchev–Trinajstić information content (AvgIpc) is 2.33. The molecule has 0 spiro atoms. The van der Waals surface area contributed by atoms with Gasteiger partial charge in [0.1, 0.15) is 17.2 Å². The largest absolute Gasteiger partial charge is 0.292 e. The van der Waals surface area contributed by atoms with Gasteiger partial charge in [0, 0.05) is 16.2 Å². The minimum atomic E-state index is -0.550. The van der Waals surface area contributed by atoms with Gasteiger partial charge in [-0.25, -0.2) is 9.97 Å². The lowest BCUT2D eigenvalue weighted by Gasteiger charge is -2.22. The van der Waals surface area contributed by atoms with Gasteiger partial charge in [0.25, 0.3) is 0 Å². The van der Waals surface area contributed by atoms with Gasteiger partial charge in [-0.2, -0.15) is 0 Å². The molecule has 0 amide bonds. The van der Waals surface area contributed by atoms with Gasteiger partial charge in [-0.1, -0.05) is 62.3 Å². The molecule has 1 rings (SSSR count). The van der Waals surface area contributed by atoms with Crippen molar-refractivity contribution in [3.63, 3.8) is 0 Å². The predicted octanol–water partition coefficient (Wildman–Crippen LogP) is 4.23. The van der Waals surface area contributed by atoms with E-state index in [0.717, 1.165) is 0 Å². The number of carbonyl (C=O) groups is 2. The monoisotopic (exact) mass is 304 g/mol. The maximum atomic E-state index is 12.6. The second-order valence-corrected chi connectivity index (χ2v) is 8.87.